The van der Waals surface area contributed by atoms with Gasteiger partial charge in [0.25, 0.3) is 0 Å². The van der Waals surface area contributed by atoms with Gasteiger partial charge in [0.1, 0.15) is 0 Å². The number of nitrogens with one attached hydrogen (secondary N) is 1. The van der Waals surface area contributed by atoms with Gasteiger partial charge < -0.3 is 15.5 Å². The van der Waals surface area contributed by atoms with Gasteiger partial charge in [-0.25, -0.2) is 4.98 Å². The van der Waals surface area contributed by atoms with E-state index in [-0.39, 0.29) is 0 Å². The molecule has 2 unspecified atom stereocenters. The fourth-order valence-electron chi connectivity index (χ4n) is 2.68. The summed E-state index contributed by atoms with van der Waals surface area (Å²) in [6, 6.07) is 9.10. The molecule has 1 aliphatic carbocycles. The molecule has 0 saturated heterocycles. The summed E-state index contributed by atoms with van der Waals surface area (Å²) in [6.45, 7) is 0. The summed E-state index contributed by atoms with van der Waals surface area (Å²) in [6.07, 6.45) is 7.81. The average Bonchev–Trinajstić information content (AvgIpc) is 2.94. The van der Waals surface area contributed by atoms with Crippen LogP contribution in [0.5, 0.6) is 0 Å². The van der Waals surface area contributed by atoms with Gasteiger partial charge in [0.05, 0.1) is 6.20 Å². The second-order valence-corrected chi connectivity index (χ2v) is 5.21. The van der Waals surface area contributed by atoms with E-state index in [0.717, 1.165) is 29.9 Å². The third-order valence-electron chi connectivity index (χ3n) is 3.69. The highest BCUT2D eigenvalue weighted by Crippen LogP contribution is 2.24. The molecular formula is C15H19N3O. The SMILES string of the molecule is NC1CCCC(Nc2ccc(-c3cnco3)cc2)C1. The number of benzene rings is 1. The van der Waals surface area contributed by atoms with Crippen LogP contribution in [-0.4, -0.2) is 17.1 Å². The van der Waals surface area contributed by atoms with Crippen LogP contribution in [0.15, 0.2) is 41.3 Å². The molecule has 1 aromatic heterocycles. The maximum absolute atomic E-state index is 6.01. The van der Waals surface area contributed by atoms with Gasteiger partial charge in [-0.2, -0.15) is 0 Å². The van der Waals surface area contributed by atoms with Crippen LogP contribution in [-0.2, 0) is 0 Å². The fraction of sp³-hybridized carbons (Fsp3) is 0.400. The van der Waals surface area contributed by atoms with Crippen molar-refractivity contribution in [2.45, 2.75) is 37.8 Å². The molecular weight excluding hydrogens is 238 g/mol. The van der Waals surface area contributed by atoms with Gasteiger partial charge in [0, 0.05) is 23.3 Å². The molecule has 1 fully saturated rings. The maximum atomic E-state index is 6.01. The van der Waals surface area contributed by atoms with Crippen molar-refractivity contribution in [2.75, 3.05) is 5.32 Å². The van der Waals surface area contributed by atoms with Gasteiger partial charge in [-0.15, -0.1) is 0 Å². The molecule has 1 aromatic carbocycles. The van der Waals surface area contributed by atoms with Crippen molar-refractivity contribution in [2.24, 2.45) is 5.73 Å². The maximum Gasteiger partial charge on any atom is 0.181 e. The van der Waals surface area contributed by atoms with Gasteiger partial charge in [-0.3, -0.25) is 0 Å². The van der Waals surface area contributed by atoms with Crippen molar-refractivity contribution < 1.29 is 4.42 Å². The minimum atomic E-state index is 0.347. The van der Waals surface area contributed by atoms with E-state index in [2.05, 4.69) is 22.4 Å². The summed E-state index contributed by atoms with van der Waals surface area (Å²) in [4.78, 5) is 3.93. The van der Waals surface area contributed by atoms with Crippen LogP contribution in [0.4, 0.5) is 5.69 Å². The van der Waals surface area contributed by atoms with Crippen molar-refractivity contribution in [1.82, 2.24) is 4.98 Å². The van der Waals surface area contributed by atoms with E-state index in [0.29, 0.717) is 12.1 Å². The molecule has 100 valence electrons. The molecule has 1 heterocycles. The molecule has 19 heavy (non-hydrogen) atoms. The molecule has 4 heteroatoms. The molecule has 0 spiro atoms. The lowest BCUT2D eigenvalue weighted by molar-refractivity contribution is 0.409. The predicted molar refractivity (Wildman–Crippen MR) is 75.8 cm³/mol. The molecule has 4 nitrogen and oxygen atoms in total. The standard InChI is InChI=1S/C15H19N3O/c16-12-2-1-3-14(8-12)18-13-6-4-11(5-7-13)15-9-17-10-19-15/h4-7,9-10,12,14,18H,1-3,8,16H2. The lowest BCUT2D eigenvalue weighted by atomic mass is 9.91. The Hall–Kier alpha value is -1.81. The lowest BCUT2D eigenvalue weighted by Crippen LogP contribution is -2.34. The van der Waals surface area contributed by atoms with Crippen LogP contribution in [0.2, 0.25) is 0 Å². The first-order valence-corrected chi connectivity index (χ1v) is 6.82. The molecule has 0 aliphatic heterocycles. The Bertz CT molecular complexity index is 507. The third-order valence-corrected chi connectivity index (χ3v) is 3.69. The van der Waals surface area contributed by atoms with Crippen LogP contribution < -0.4 is 11.1 Å². The average molecular weight is 257 g/mol. The number of rotatable bonds is 3. The zero-order valence-corrected chi connectivity index (χ0v) is 10.9. The predicted octanol–water partition coefficient (Wildman–Crippen LogP) is 3.02. The van der Waals surface area contributed by atoms with Crippen molar-refractivity contribution in [3.63, 3.8) is 0 Å². The molecule has 0 radical (unpaired) electrons. The van der Waals surface area contributed by atoms with Crippen LogP contribution in [0, 0.1) is 0 Å². The third kappa shape index (κ3) is 2.96. The first-order chi connectivity index (χ1) is 9.31. The van der Waals surface area contributed by atoms with E-state index in [1.165, 1.54) is 19.2 Å². The lowest BCUT2D eigenvalue weighted by Gasteiger charge is -2.28. The number of nitrogens with two attached hydrogens (primary N) is 1. The monoisotopic (exact) mass is 257 g/mol. The molecule has 1 saturated carbocycles. The zero-order chi connectivity index (χ0) is 13.1. The summed E-state index contributed by atoms with van der Waals surface area (Å²) in [5, 5.41) is 3.56. The fourth-order valence-corrected chi connectivity index (χ4v) is 2.68. The largest absolute Gasteiger partial charge is 0.444 e. The highest BCUT2D eigenvalue weighted by atomic mass is 16.3. The number of hydrogen-bond acceptors (Lipinski definition) is 4. The molecule has 2 aromatic rings. The minimum absolute atomic E-state index is 0.347. The van der Waals surface area contributed by atoms with Crippen molar-refractivity contribution >= 4 is 5.69 Å². The van der Waals surface area contributed by atoms with E-state index in [1.807, 2.05) is 12.1 Å². The second-order valence-electron chi connectivity index (χ2n) is 5.21. The Kier molecular flexibility index (Phi) is 3.51. The smallest absolute Gasteiger partial charge is 0.181 e. The summed E-state index contributed by atoms with van der Waals surface area (Å²) in [5.41, 5.74) is 8.19. The molecule has 0 amide bonds. The topological polar surface area (TPSA) is 64.1 Å². The molecule has 2 atom stereocenters. The Balaban J connectivity index is 1.66. The van der Waals surface area contributed by atoms with E-state index < -0.39 is 0 Å². The Morgan fingerprint density at radius 2 is 2.05 bits per heavy atom. The van der Waals surface area contributed by atoms with E-state index in [1.54, 1.807) is 6.20 Å². The number of oxazole rings is 1. The zero-order valence-electron chi connectivity index (χ0n) is 10.9. The Morgan fingerprint density at radius 3 is 2.74 bits per heavy atom. The second kappa shape index (κ2) is 5.45. The van der Waals surface area contributed by atoms with Gasteiger partial charge in [-0.05, 0) is 49.9 Å². The summed E-state index contributed by atoms with van der Waals surface area (Å²) < 4.78 is 5.28. The Morgan fingerprint density at radius 1 is 1.21 bits per heavy atom. The molecule has 1 aliphatic rings. The van der Waals surface area contributed by atoms with Gasteiger partial charge in [0.2, 0.25) is 0 Å². The first kappa shape index (κ1) is 12.2. The van der Waals surface area contributed by atoms with Crippen LogP contribution in [0.25, 0.3) is 11.3 Å². The van der Waals surface area contributed by atoms with E-state index >= 15 is 0 Å². The molecule has 3 N–H and O–H groups in total. The van der Waals surface area contributed by atoms with Gasteiger partial charge in [-0.1, -0.05) is 0 Å². The van der Waals surface area contributed by atoms with Crippen LogP contribution in [0.1, 0.15) is 25.7 Å². The summed E-state index contributed by atoms with van der Waals surface area (Å²) >= 11 is 0. The minimum Gasteiger partial charge on any atom is -0.444 e. The molecule has 3 rings (SSSR count). The van der Waals surface area contributed by atoms with Crippen LogP contribution >= 0.6 is 0 Å². The van der Waals surface area contributed by atoms with Crippen LogP contribution in [0.3, 0.4) is 0 Å². The normalized spacial score (nSPS) is 23.2. The highest BCUT2D eigenvalue weighted by Gasteiger charge is 2.18. The Labute approximate surface area is 113 Å². The summed E-state index contributed by atoms with van der Waals surface area (Å²) in [5.74, 6) is 0.797. The quantitative estimate of drug-likeness (QED) is 0.887. The van der Waals surface area contributed by atoms with E-state index in [9.17, 15) is 0 Å². The highest BCUT2D eigenvalue weighted by molar-refractivity contribution is 5.60. The molecule has 0 bridgehead atoms. The van der Waals surface area contributed by atoms with Gasteiger partial charge in [0.15, 0.2) is 12.2 Å². The van der Waals surface area contributed by atoms with Crippen molar-refractivity contribution in [3.05, 3.63) is 36.9 Å². The summed E-state index contributed by atoms with van der Waals surface area (Å²) in [7, 11) is 0. The van der Waals surface area contributed by atoms with E-state index in [4.69, 9.17) is 10.2 Å². The first-order valence-electron chi connectivity index (χ1n) is 6.82. The number of anilines is 1. The van der Waals surface area contributed by atoms with Crippen molar-refractivity contribution in [3.8, 4) is 11.3 Å². The number of aromatic nitrogens is 1. The van der Waals surface area contributed by atoms with Crippen molar-refractivity contribution in [1.29, 1.82) is 0 Å². The van der Waals surface area contributed by atoms with Gasteiger partial charge >= 0.3 is 0 Å². The number of nitrogens with zero attached hydrogens (tertiary/aromatic N) is 1. The number of hydrogen-bond donors (Lipinski definition) is 2.